The minimum atomic E-state index is -0.369. The van der Waals surface area contributed by atoms with Gasteiger partial charge in [-0.05, 0) is 50.6 Å². The van der Waals surface area contributed by atoms with E-state index >= 15 is 0 Å². The Bertz CT molecular complexity index is 1490. The maximum Gasteiger partial charge on any atom is 0.223 e. The predicted molar refractivity (Wildman–Crippen MR) is 144 cm³/mol. The molecule has 0 bridgehead atoms. The second-order valence-corrected chi connectivity index (χ2v) is 10.4. The van der Waals surface area contributed by atoms with Crippen molar-refractivity contribution in [3.63, 3.8) is 0 Å². The summed E-state index contributed by atoms with van der Waals surface area (Å²) in [6.07, 6.45) is 4.66. The van der Waals surface area contributed by atoms with Crippen LogP contribution in [0.3, 0.4) is 0 Å². The Hall–Kier alpha value is -3.36. The largest absolute Gasteiger partial charge is 0.486 e. The summed E-state index contributed by atoms with van der Waals surface area (Å²) in [6, 6.07) is 10.2. The number of carbonyl (C=O) groups excluding carboxylic acids is 1. The van der Waals surface area contributed by atoms with E-state index < -0.39 is 0 Å². The zero-order valence-corrected chi connectivity index (χ0v) is 22.1. The number of nitrogens with zero attached hydrogens (tertiary/aromatic N) is 5. The van der Waals surface area contributed by atoms with Gasteiger partial charge in [-0.1, -0.05) is 23.2 Å². The molecule has 0 saturated carbocycles. The maximum absolute atomic E-state index is 12.0. The lowest BCUT2D eigenvalue weighted by Gasteiger charge is -2.38. The fraction of sp³-hybridized carbons (Fsp3) is 0.333. The molecule has 6 rings (SSSR count). The van der Waals surface area contributed by atoms with Crippen molar-refractivity contribution in [2.45, 2.75) is 38.8 Å². The Kier molecular flexibility index (Phi) is 6.16. The first-order chi connectivity index (χ1) is 17.9. The Morgan fingerprint density at radius 1 is 1.14 bits per heavy atom. The standard InChI is InChI=1S/C27H26Cl2N6O2/c1-15-26(29)25(21(28)13-30-15)16(2)37-19-5-6-22-20(11-19)27(33-32-22)17-3-7-23(31-12-17)34-9-10-35-18(14-34)4-8-24(35)36/h3,5-7,11-13,16,18H,4,8-10,14H2,1-2H3,(H,32,33)/t16-,18?/m1/s1. The monoisotopic (exact) mass is 536 g/mol. The molecule has 2 saturated heterocycles. The smallest absolute Gasteiger partial charge is 0.223 e. The molecule has 37 heavy (non-hydrogen) atoms. The van der Waals surface area contributed by atoms with Gasteiger partial charge in [0.05, 0.1) is 21.3 Å². The van der Waals surface area contributed by atoms with Crippen LogP contribution in [-0.2, 0) is 4.79 Å². The number of hydrogen-bond donors (Lipinski definition) is 1. The van der Waals surface area contributed by atoms with Gasteiger partial charge in [-0.2, -0.15) is 5.10 Å². The summed E-state index contributed by atoms with van der Waals surface area (Å²) < 4.78 is 6.24. The minimum absolute atomic E-state index is 0.276. The van der Waals surface area contributed by atoms with E-state index in [1.165, 1.54) is 0 Å². The number of anilines is 1. The molecule has 2 aliphatic heterocycles. The zero-order chi connectivity index (χ0) is 25.7. The predicted octanol–water partition coefficient (Wildman–Crippen LogP) is 5.59. The molecule has 1 unspecified atom stereocenters. The molecule has 0 spiro atoms. The third kappa shape index (κ3) is 4.38. The van der Waals surface area contributed by atoms with Crippen molar-refractivity contribution in [3.8, 4) is 17.0 Å². The van der Waals surface area contributed by atoms with Crippen LogP contribution in [-0.4, -0.2) is 56.6 Å². The van der Waals surface area contributed by atoms with Gasteiger partial charge >= 0.3 is 0 Å². The summed E-state index contributed by atoms with van der Waals surface area (Å²) >= 11 is 12.9. The second-order valence-electron chi connectivity index (χ2n) is 9.59. The number of nitrogens with one attached hydrogen (secondary N) is 1. The first-order valence-corrected chi connectivity index (χ1v) is 13.1. The summed E-state index contributed by atoms with van der Waals surface area (Å²) in [5, 5.41) is 9.56. The third-order valence-corrected chi connectivity index (χ3v) is 8.05. The fourth-order valence-corrected chi connectivity index (χ4v) is 5.94. The lowest BCUT2D eigenvalue weighted by atomic mass is 10.1. The number of aromatic nitrogens is 4. The van der Waals surface area contributed by atoms with Crippen molar-refractivity contribution in [2.24, 2.45) is 0 Å². The topological polar surface area (TPSA) is 87.2 Å². The van der Waals surface area contributed by atoms with Gasteiger partial charge in [0.1, 0.15) is 23.4 Å². The zero-order valence-electron chi connectivity index (χ0n) is 20.5. The first kappa shape index (κ1) is 24.0. The fourth-order valence-electron chi connectivity index (χ4n) is 5.29. The van der Waals surface area contributed by atoms with Crippen LogP contribution in [0.1, 0.15) is 37.1 Å². The Morgan fingerprint density at radius 3 is 2.81 bits per heavy atom. The average molecular weight is 537 g/mol. The van der Waals surface area contributed by atoms with Crippen LogP contribution in [0.4, 0.5) is 5.82 Å². The van der Waals surface area contributed by atoms with Crippen molar-refractivity contribution in [3.05, 3.63) is 64.0 Å². The van der Waals surface area contributed by atoms with E-state index in [1.54, 1.807) is 6.20 Å². The second kappa shape index (κ2) is 9.50. The number of aromatic amines is 1. The highest BCUT2D eigenvalue weighted by molar-refractivity contribution is 6.36. The number of H-pyrrole nitrogens is 1. The number of fused-ring (bicyclic) bond motifs is 2. The highest BCUT2D eigenvalue weighted by atomic mass is 35.5. The number of amides is 1. The van der Waals surface area contributed by atoms with Crippen molar-refractivity contribution >= 4 is 45.8 Å². The molecule has 2 fully saturated rings. The quantitative estimate of drug-likeness (QED) is 0.358. The van der Waals surface area contributed by atoms with Gasteiger partial charge in [-0.25, -0.2) is 4.98 Å². The van der Waals surface area contributed by atoms with E-state index in [2.05, 4.69) is 20.1 Å². The number of ether oxygens (including phenoxy) is 1. The van der Waals surface area contributed by atoms with Crippen LogP contribution in [0.2, 0.25) is 10.0 Å². The highest BCUT2D eigenvalue weighted by Crippen LogP contribution is 2.36. The van der Waals surface area contributed by atoms with Crippen LogP contribution in [0.15, 0.2) is 42.7 Å². The molecule has 8 nitrogen and oxygen atoms in total. The number of piperazine rings is 1. The maximum atomic E-state index is 12.0. The van der Waals surface area contributed by atoms with Crippen LogP contribution >= 0.6 is 23.2 Å². The summed E-state index contributed by atoms with van der Waals surface area (Å²) in [5.74, 6) is 1.87. The number of rotatable bonds is 5. The molecule has 1 N–H and O–H groups in total. The average Bonchev–Trinajstić information content (AvgIpc) is 3.49. The summed E-state index contributed by atoms with van der Waals surface area (Å²) in [5.41, 5.74) is 4.03. The molecule has 1 aromatic carbocycles. The van der Waals surface area contributed by atoms with E-state index in [9.17, 15) is 4.79 Å². The molecule has 5 heterocycles. The van der Waals surface area contributed by atoms with Crippen molar-refractivity contribution in [1.82, 2.24) is 25.1 Å². The van der Waals surface area contributed by atoms with Crippen molar-refractivity contribution in [1.29, 1.82) is 0 Å². The number of benzene rings is 1. The van der Waals surface area contributed by atoms with E-state index in [-0.39, 0.29) is 12.0 Å². The Balaban J connectivity index is 1.23. The SMILES string of the molecule is Cc1ncc(Cl)c([C@@H](C)Oc2ccc3[nH]nc(-c4ccc(N5CCN6C(=O)CCC6C5)nc4)c3c2)c1Cl. The van der Waals surface area contributed by atoms with Gasteiger partial charge in [0, 0.05) is 61.0 Å². The van der Waals surface area contributed by atoms with Crippen LogP contribution < -0.4 is 9.64 Å². The third-order valence-electron chi connectivity index (χ3n) is 7.28. The molecule has 0 radical (unpaired) electrons. The normalized spacial score (nSPS) is 18.4. The lowest BCUT2D eigenvalue weighted by molar-refractivity contribution is -0.129. The molecular weight excluding hydrogens is 511 g/mol. The lowest BCUT2D eigenvalue weighted by Crippen LogP contribution is -2.51. The highest BCUT2D eigenvalue weighted by Gasteiger charge is 2.35. The Morgan fingerprint density at radius 2 is 2.00 bits per heavy atom. The molecule has 1 amide bonds. The molecule has 10 heteroatoms. The van der Waals surface area contributed by atoms with Crippen LogP contribution in [0.25, 0.3) is 22.2 Å². The van der Waals surface area contributed by atoms with Gasteiger partial charge in [0.2, 0.25) is 5.91 Å². The van der Waals surface area contributed by atoms with Crippen molar-refractivity contribution in [2.75, 3.05) is 24.5 Å². The minimum Gasteiger partial charge on any atom is -0.486 e. The van der Waals surface area contributed by atoms with E-state index in [0.717, 1.165) is 54.0 Å². The summed E-state index contributed by atoms with van der Waals surface area (Å²) in [6.45, 7) is 6.13. The van der Waals surface area contributed by atoms with E-state index in [0.29, 0.717) is 39.5 Å². The molecule has 4 aromatic rings. The number of aryl methyl sites for hydroxylation is 1. The van der Waals surface area contributed by atoms with Crippen LogP contribution in [0.5, 0.6) is 5.75 Å². The van der Waals surface area contributed by atoms with Gasteiger partial charge in [-0.15, -0.1) is 0 Å². The van der Waals surface area contributed by atoms with Gasteiger partial charge < -0.3 is 14.5 Å². The van der Waals surface area contributed by atoms with E-state index in [4.69, 9.17) is 32.9 Å². The van der Waals surface area contributed by atoms with Crippen molar-refractivity contribution < 1.29 is 9.53 Å². The number of carbonyl (C=O) groups is 1. The molecule has 190 valence electrons. The molecule has 2 atom stereocenters. The molecular formula is C27H26Cl2N6O2. The first-order valence-electron chi connectivity index (χ1n) is 12.3. The molecule has 0 aliphatic carbocycles. The van der Waals surface area contributed by atoms with Crippen LogP contribution in [0, 0.1) is 6.92 Å². The molecule has 3 aromatic heterocycles. The van der Waals surface area contributed by atoms with E-state index in [1.807, 2.05) is 55.3 Å². The van der Waals surface area contributed by atoms with Gasteiger partial charge in [-0.3, -0.25) is 14.9 Å². The number of pyridine rings is 2. The number of hydrogen-bond acceptors (Lipinski definition) is 6. The summed E-state index contributed by atoms with van der Waals surface area (Å²) in [7, 11) is 0. The van der Waals surface area contributed by atoms with Gasteiger partial charge in [0.25, 0.3) is 0 Å². The number of halogens is 2. The van der Waals surface area contributed by atoms with Gasteiger partial charge in [0.15, 0.2) is 0 Å². The Labute approximate surface area is 224 Å². The summed E-state index contributed by atoms with van der Waals surface area (Å²) in [4.78, 5) is 25.2. The molecule has 2 aliphatic rings.